The molecule has 2 N–H and O–H groups in total. The molecule has 0 aliphatic carbocycles. The molecule has 0 saturated carbocycles. The number of rotatable bonds is 4. The SMILES string of the molecule is C=CCNCC1CCCNC1. The molecule has 0 radical (unpaired) electrons. The highest BCUT2D eigenvalue weighted by atomic mass is 14.9. The zero-order valence-corrected chi connectivity index (χ0v) is 7.10. The van der Waals surface area contributed by atoms with E-state index in [0.29, 0.717) is 0 Å². The van der Waals surface area contributed by atoms with Gasteiger partial charge in [-0.15, -0.1) is 6.58 Å². The molecule has 1 fully saturated rings. The summed E-state index contributed by atoms with van der Waals surface area (Å²) < 4.78 is 0. The molecule has 11 heavy (non-hydrogen) atoms. The van der Waals surface area contributed by atoms with E-state index in [4.69, 9.17) is 0 Å². The summed E-state index contributed by atoms with van der Waals surface area (Å²) >= 11 is 0. The van der Waals surface area contributed by atoms with Crippen LogP contribution >= 0.6 is 0 Å². The van der Waals surface area contributed by atoms with Crippen molar-refractivity contribution in [3.8, 4) is 0 Å². The van der Waals surface area contributed by atoms with Gasteiger partial charge in [-0.3, -0.25) is 0 Å². The van der Waals surface area contributed by atoms with Crippen LogP contribution in [0.3, 0.4) is 0 Å². The van der Waals surface area contributed by atoms with Gasteiger partial charge in [0, 0.05) is 6.54 Å². The second kappa shape index (κ2) is 5.33. The Kier molecular flexibility index (Phi) is 4.24. The summed E-state index contributed by atoms with van der Waals surface area (Å²) in [4.78, 5) is 0. The molecule has 1 saturated heterocycles. The van der Waals surface area contributed by atoms with Crippen LogP contribution < -0.4 is 10.6 Å². The fraction of sp³-hybridized carbons (Fsp3) is 0.778. The Labute approximate surface area is 69.1 Å². The average molecular weight is 154 g/mol. The number of piperidine rings is 1. The molecule has 64 valence electrons. The zero-order valence-electron chi connectivity index (χ0n) is 7.10. The van der Waals surface area contributed by atoms with E-state index in [9.17, 15) is 0 Å². The zero-order chi connectivity index (χ0) is 7.94. The lowest BCUT2D eigenvalue weighted by atomic mass is 10.00. The van der Waals surface area contributed by atoms with Gasteiger partial charge in [0.15, 0.2) is 0 Å². The standard InChI is InChI=1S/C9H18N2/c1-2-5-10-7-9-4-3-6-11-8-9/h2,9-11H,1,3-8H2. The van der Waals surface area contributed by atoms with Crippen LogP contribution in [0.4, 0.5) is 0 Å². The third-order valence-corrected chi connectivity index (χ3v) is 2.12. The fourth-order valence-electron chi connectivity index (χ4n) is 1.49. The average Bonchev–Trinajstić information content (AvgIpc) is 2.07. The van der Waals surface area contributed by atoms with Crippen molar-refractivity contribution in [1.82, 2.24) is 10.6 Å². The monoisotopic (exact) mass is 154 g/mol. The van der Waals surface area contributed by atoms with Crippen LogP contribution in [0, 0.1) is 5.92 Å². The van der Waals surface area contributed by atoms with E-state index in [1.807, 2.05) is 6.08 Å². The molecule has 2 nitrogen and oxygen atoms in total. The van der Waals surface area contributed by atoms with E-state index < -0.39 is 0 Å². The van der Waals surface area contributed by atoms with Gasteiger partial charge in [-0.2, -0.15) is 0 Å². The van der Waals surface area contributed by atoms with E-state index in [2.05, 4.69) is 17.2 Å². The highest BCUT2D eigenvalue weighted by molar-refractivity contribution is 4.74. The minimum absolute atomic E-state index is 0.837. The molecule has 1 unspecified atom stereocenters. The van der Waals surface area contributed by atoms with Crippen molar-refractivity contribution in [1.29, 1.82) is 0 Å². The van der Waals surface area contributed by atoms with E-state index in [1.54, 1.807) is 0 Å². The van der Waals surface area contributed by atoms with Crippen molar-refractivity contribution in [2.24, 2.45) is 5.92 Å². The second-order valence-electron chi connectivity index (χ2n) is 3.16. The fourth-order valence-corrected chi connectivity index (χ4v) is 1.49. The quantitative estimate of drug-likeness (QED) is 0.461. The summed E-state index contributed by atoms with van der Waals surface area (Å²) in [6.45, 7) is 8.14. The molecule has 0 spiro atoms. The van der Waals surface area contributed by atoms with Crippen molar-refractivity contribution in [2.45, 2.75) is 12.8 Å². The molecular formula is C9H18N2. The van der Waals surface area contributed by atoms with Crippen LogP contribution in [0.15, 0.2) is 12.7 Å². The second-order valence-corrected chi connectivity index (χ2v) is 3.16. The molecule has 2 heteroatoms. The predicted octanol–water partition coefficient (Wildman–Crippen LogP) is 0.762. The minimum Gasteiger partial charge on any atom is -0.316 e. The Morgan fingerprint density at radius 3 is 3.18 bits per heavy atom. The van der Waals surface area contributed by atoms with Crippen molar-refractivity contribution in [2.75, 3.05) is 26.2 Å². The third-order valence-electron chi connectivity index (χ3n) is 2.12. The molecule has 0 amide bonds. The Morgan fingerprint density at radius 1 is 1.64 bits per heavy atom. The molecular weight excluding hydrogens is 136 g/mol. The molecule has 1 rings (SSSR count). The van der Waals surface area contributed by atoms with Gasteiger partial charge in [-0.1, -0.05) is 6.08 Å². The summed E-state index contributed by atoms with van der Waals surface area (Å²) in [5, 5.41) is 6.74. The van der Waals surface area contributed by atoms with Crippen molar-refractivity contribution in [3.05, 3.63) is 12.7 Å². The molecule has 1 aliphatic heterocycles. The summed E-state index contributed by atoms with van der Waals surface area (Å²) in [5.41, 5.74) is 0. The molecule has 1 heterocycles. The first kappa shape index (κ1) is 8.75. The van der Waals surface area contributed by atoms with E-state index >= 15 is 0 Å². The van der Waals surface area contributed by atoms with Crippen LogP contribution in [0.1, 0.15) is 12.8 Å². The smallest absolute Gasteiger partial charge is 0.0132 e. The summed E-state index contributed by atoms with van der Waals surface area (Å²) in [7, 11) is 0. The van der Waals surface area contributed by atoms with Crippen LogP contribution in [-0.2, 0) is 0 Å². The van der Waals surface area contributed by atoms with Gasteiger partial charge in [0.2, 0.25) is 0 Å². The highest BCUT2D eigenvalue weighted by Gasteiger charge is 2.10. The first-order chi connectivity index (χ1) is 5.43. The number of hydrogen-bond acceptors (Lipinski definition) is 2. The molecule has 0 aromatic heterocycles. The number of hydrogen-bond donors (Lipinski definition) is 2. The maximum absolute atomic E-state index is 3.67. The molecule has 0 aromatic rings. The Balaban J connectivity index is 2.00. The highest BCUT2D eigenvalue weighted by Crippen LogP contribution is 2.07. The van der Waals surface area contributed by atoms with Gasteiger partial charge in [0.25, 0.3) is 0 Å². The molecule has 1 atom stereocenters. The predicted molar refractivity (Wildman–Crippen MR) is 48.7 cm³/mol. The normalized spacial score (nSPS) is 24.9. The van der Waals surface area contributed by atoms with Crippen LogP contribution in [-0.4, -0.2) is 26.2 Å². The van der Waals surface area contributed by atoms with E-state index in [-0.39, 0.29) is 0 Å². The number of nitrogens with one attached hydrogen (secondary N) is 2. The first-order valence-electron chi connectivity index (χ1n) is 4.46. The third kappa shape index (κ3) is 3.54. The summed E-state index contributed by atoms with van der Waals surface area (Å²) in [6, 6.07) is 0. The van der Waals surface area contributed by atoms with Gasteiger partial charge in [-0.25, -0.2) is 0 Å². The lowest BCUT2D eigenvalue weighted by Gasteiger charge is -2.22. The maximum atomic E-state index is 3.67. The van der Waals surface area contributed by atoms with E-state index in [1.165, 1.54) is 25.9 Å². The van der Waals surface area contributed by atoms with Gasteiger partial charge < -0.3 is 10.6 Å². The van der Waals surface area contributed by atoms with Crippen molar-refractivity contribution in [3.63, 3.8) is 0 Å². The van der Waals surface area contributed by atoms with Gasteiger partial charge in [0.1, 0.15) is 0 Å². The Hall–Kier alpha value is -0.340. The molecule has 0 aromatic carbocycles. The summed E-state index contributed by atoms with van der Waals surface area (Å²) in [5.74, 6) is 0.837. The van der Waals surface area contributed by atoms with Gasteiger partial charge in [0.05, 0.1) is 0 Å². The molecule has 0 bridgehead atoms. The van der Waals surface area contributed by atoms with Crippen LogP contribution in [0.5, 0.6) is 0 Å². The maximum Gasteiger partial charge on any atom is 0.0132 e. The lowest BCUT2D eigenvalue weighted by Crippen LogP contribution is -2.36. The van der Waals surface area contributed by atoms with Gasteiger partial charge in [-0.05, 0) is 38.4 Å². The van der Waals surface area contributed by atoms with Gasteiger partial charge >= 0.3 is 0 Å². The largest absolute Gasteiger partial charge is 0.316 e. The first-order valence-corrected chi connectivity index (χ1v) is 4.46. The minimum atomic E-state index is 0.837. The van der Waals surface area contributed by atoms with E-state index in [0.717, 1.165) is 19.0 Å². The Morgan fingerprint density at radius 2 is 2.55 bits per heavy atom. The van der Waals surface area contributed by atoms with Crippen molar-refractivity contribution < 1.29 is 0 Å². The lowest BCUT2D eigenvalue weighted by molar-refractivity contribution is 0.365. The van der Waals surface area contributed by atoms with Crippen molar-refractivity contribution >= 4 is 0 Å². The summed E-state index contributed by atoms with van der Waals surface area (Å²) in [6.07, 6.45) is 4.62. The van der Waals surface area contributed by atoms with Crippen LogP contribution in [0.25, 0.3) is 0 Å². The Bertz CT molecular complexity index is 106. The molecule has 1 aliphatic rings. The topological polar surface area (TPSA) is 24.1 Å². The van der Waals surface area contributed by atoms with Crippen LogP contribution in [0.2, 0.25) is 0 Å².